The van der Waals surface area contributed by atoms with E-state index in [-0.39, 0.29) is 21.9 Å². The summed E-state index contributed by atoms with van der Waals surface area (Å²) in [5, 5.41) is 2.60. The molecule has 1 aliphatic carbocycles. The van der Waals surface area contributed by atoms with Gasteiger partial charge in [-0.05, 0) is 60.5 Å². The fraction of sp³-hybridized carbons (Fsp3) is 0.419. The van der Waals surface area contributed by atoms with Crippen molar-refractivity contribution in [1.82, 2.24) is 4.72 Å². The van der Waals surface area contributed by atoms with Gasteiger partial charge in [-0.15, -0.1) is 0 Å². The number of nitrogens with one attached hydrogen (secondary N) is 1. The molecule has 3 aromatic carbocycles. The highest BCUT2D eigenvalue weighted by atomic mass is 32.2. The Labute approximate surface area is 221 Å². The van der Waals surface area contributed by atoms with Crippen LogP contribution in [0, 0.1) is 5.92 Å². The average molecular weight is 520 g/mol. The predicted molar refractivity (Wildman–Crippen MR) is 155 cm³/mol. The quantitative estimate of drug-likeness (QED) is 0.363. The van der Waals surface area contributed by atoms with E-state index in [1.807, 2.05) is 26.8 Å². The van der Waals surface area contributed by atoms with Crippen LogP contribution in [0.4, 0.5) is 0 Å². The summed E-state index contributed by atoms with van der Waals surface area (Å²) in [4.78, 5) is 0. The second kappa shape index (κ2) is 10.7. The van der Waals surface area contributed by atoms with Gasteiger partial charge in [0.05, 0.1) is 15.7 Å². The SMILES string of the molecule is CC(C)(C)[S@](=O)NC(c1ccccc1)C1CC(O[Si](c2ccccc2)(c2ccccc2)C(C)(C)C)C1. The van der Waals surface area contributed by atoms with E-state index in [9.17, 15) is 4.21 Å². The van der Waals surface area contributed by atoms with Crippen LogP contribution < -0.4 is 15.1 Å². The van der Waals surface area contributed by atoms with Crippen LogP contribution >= 0.6 is 0 Å². The lowest BCUT2D eigenvalue weighted by Gasteiger charge is -2.50. The van der Waals surface area contributed by atoms with Crippen molar-refractivity contribution in [2.24, 2.45) is 5.92 Å². The van der Waals surface area contributed by atoms with Crippen molar-refractivity contribution in [2.45, 2.75) is 76.3 Å². The van der Waals surface area contributed by atoms with Crippen LogP contribution in [0.25, 0.3) is 0 Å². The van der Waals surface area contributed by atoms with Crippen LogP contribution in [0.2, 0.25) is 5.04 Å². The molecule has 5 heteroatoms. The maximum Gasteiger partial charge on any atom is 0.261 e. The lowest BCUT2D eigenvalue weighted by atomic mass is 9.75. The van der Waals surface area contributed by atoms with Gasteiger partial charge in [-0.25, -0.2) is 8.93 Å². The fourth-order valence-corrected chi connectivity index (χ4v) is 10.9. The Bertz CT molecular complexity index is 1090. The largest absolute Gasteiger partial charge is 0.404 e. The molecule has 192 valence electrons. The van der Waals surface area contributed by atoms with E-state index in [0.717, 1.165) is 12.8 Å². The van der Waals surface area contributed by atoms with Crippen molar-refractivity contribution in [1.29, 1.82) is 0 Å². The van der Waals surface area contributed by atoms with E-state index < -0.39 is 19.3 Å². The molecule has 1 N–H and O–H groups in total. The Morgan fingerprint density at radius 3 is 1.64 bits per heavy atom. The fourth-order valence-electron chi connectivity index (χ4n) is 5.30. The molecule has 1 fully saturated rings. The number of rotatable bonds is 8. The average Bonchev–Trinajstić information content (AvgIpc) is 2.82. The van der Waals surface area contributed by atoms with Crippen LogP contribution in [-0.2, 0) is 15.4 Å². The van der Waals surface area contributed by atoms with Gasteiger partial charge in [0.1, 0.15) is 0 Å². The van der Waals surface area contributed by atoms with E-state index in [0.29, 0.717) is 5.92 Å². The summed E-state index contributed by atoms with van der Waals surface area (Å²) in [5.41, 5.74) is 1.20. The topological polar surface area (TPSA) is 38.3 Å². The molecule has 0 bridgehead atoms. The molecular weight excluding hydrogens is 478 g/mol. The first-order valence-corrected chi connectivity index (χ1v) is 16.1. The van der Waals surface area contributed by atoms with Gasteiger partial charge in [0.2, 0.25) is 0 Å². The first kappa shape index (κ1) is 27.0. The smallest absolute Gasteiger partial charge is 0.261 e. The normalized spacial score (nSPS) is 20.4. The minimum atomic E-state index is -2.57. The van der Waals surface area contributed by atoms with Gasteiger partial charge in [0.15, 0.2) is 0 Å². The van der Waals surface area contributed by atoms with Crippen molar-refractivity contribution in [3.8, 4) is 0 Å². The van der Waals surface area contributed by atoms with Crippen molar-refractivity contribution in [3.63, 3.8) is 0 Å². The second-order valence-electron chi connectivity index (χ2n) is 12.0. The van der Waals surface area contributed by atoms with Crippen molar-refractivity contribution in [2.75, 3.05) is 0 Å². The highest BCUT2D eigenvalue weighted by Gasteiger charge is 2.53. The second-order valence-corrected chi connectivity index (χ2v) is 18.3. The Hall–Kier alpha value is -2.05. The summed E-state index contributed by atoms with van der Waals surface area (Å²) in [7, 11) is -3.71. The molecule has 1 saturated carbocycles. The molecule has 0 spiro atoms. The lowest BCUT2D eigenvalue weighted by Crippen LogP contribution is -2.68. The first-order valence-electron chi connectivity index (χ1n) is 13.0. The lowest BCUT2D eigenvalue weighted by molar-refractivity contribution is 0.0406. The van der Waals surface area contributed by atoms with Gasteiger partial charge in [0.25, 0.3) is 8.32 Å². The first-order chi connectivity index (χ1) is 17.0. The molecular formula is C31H41NO2SSi. The summed E-state index contributed by atoms with van der Waals surface area (Å²) >= 11 is 0. The number of benzene rings is 3. The third kappa shape index (κ3) is 5.60. The van der Waals surface area contributed by atoms with Gasteiger partial charge >= 0.3 is 0 Å². The molecule has 0 aromatic heterocycles. The van der Waals surface area contributed by atoms with E-state index in [1.54, 1.807) is 0 Å². The zero-order valence-corrected chi connectivity index (χ0v) is 24.3. The minimum absolute atomic E-state index is 0.0361. The molecule has 1 aliphatic rings. The molecule has 2 atom stereocenters. The van der Waals surface area contributed by atoms with Crippen LogP contribution in [0.3, 0.4) is 0 Å². The van der Waals surface area contributed by atoms with E-state index in [1.165, 1.54) is 15.9 Å². The minimum Gasteiger partial charge on any atom is -0.404 e. The van der Waals surface area contributed by atoms with Crippen LogP contribution in [0.5, 0.6) is 0 Å². The highest BCUT2D eigenvalue weighted by Crippen LogP contribution is 2.45. The maximum absolute atomic E-state index is 13.1. The molecule has 0 radical (unpaired) electrons. The van der Waals surface area contributed by atoms with E-state index >= 15 is 0 Å². The van der Waals surface area contributed by atoms with E-state index in [2.05, 4.69) is 110 Å². The summed E-state index contributed by atoms with van der Waals surface area (Å²) in [6, 6.07) is 32.2. The highest BCUT2D eigenvalue weighted by molar-refractivity contribution is 7.84. The Kier molecular flexibility index (Phi) is 8.06. The predicted octanol–water partition coefficient (Wildman–Crippen LogP) is 6.13. The Morgan fingerprint density at radius 2 is 1.22 bits per heavy atom. The van der Waals surface area contributed by atoms with Gasteiger partial charge in [-0.1, -0.05) is 112 Å². The molecule has 3 aromatic rings. The molecule has 3 nitrogen and oxygen atoms in total. The Balaban J connectivity index is 1.62. The van der Waals surface area contributed by atoms with Crippen LogP contribution in [0.1, 0.15) is 66.0 Å². The van der Waals surface area contributed by atoms with Gasteiger partial charge in [0, 0.05) is 12.1 Å². The van der Waals surface area contributed by atoms with Gasteiger partial charge < -0.3 is 4.43 Å². The standard InChI is InChI=1S/C31H41NO2SSi/c1-30(2,3)35(33)32-29(24-16-10-7-11-17-24)25-22-26(23-25)34-36(31(4,5)6,27-18-12-8-13-19-27)28-20-14-9-15-21-28/h7-21,25-26,29,32H,22-23H2,1-6H3/t25?,26?,29?,35-/m0/s1. The molecule has 1 unspecified atom stereocenters. The van der Waals surface area contributed by atoms with Crippen LogP contribution in [-0.4, -0.2) is 23.4 Å². The zero-order chi connectivity index (χ0) is 26.0. The third-order valence-electron chi connectivity index (χ3n) is 7.31. The van der Waals surface area contributed by atoms with Gasteiger partial charge in [-0.2, -0.15) is 0 Å². The summed E-state index contributed by atoms with van der Waals surface area (Å²) in [5.74, 6) is 0.377. The molecule has 0 saturated heterocycles. The number of hydrogen-bond acceptors (Lipinski definition) is 2. The van der Waals surface area contributed by atoms with E-state index in [4.69, 9.17) is 4.43 Å². The van der Waals surface area contributed by atoms with Gasteiger partial charge in [-0.3, -0.25) is 0 Å². The number of hydrogen-bond donors (Lipinski definition) is 1. The van der Waals surface area contributed by atoms with Crippen molar-refractivity contribution < 1.29 is 8.63 Å². The van der Waals surface area contributed by atoms with Crippen LogP contribution in [0.15, 0.2) is 91.0 Å². The van der Waals surface area contributed by atoms with Crippen molar-refractivity contribution >= 4 is 29.7 Å². The molecule has 0 heterocycles. The molecule has 0 amide bonds. The maximum atomic E-state index is 13.1. The third-order valence-corrected chi connectivity index (χ3v) is 14.0. The molecule has 4 rings (SSSR count). The monoisotopic (exact) mass is 519 g/mol. The summed E-state index contributed by atoms with van der Waals surface area (Å²) in [6.45, 7) is 13.1. The molecule has 0 aliphatic heterocycles. The summed E-state index contributed by atoms with van der Waals surface area (Å²) < 4.78 is 23.6. The molecule has 36 heavy (non-hydrogen) atoms. The zero-order valence-electron chi connectivity index (χ0n) is 22.5. The van der Waals surface area contributed by atoms with Crippen molar-refractivity contribution in [3.05, 3.63) is 96.6 Å². The Morgan fingerprint density at radius 1 is 0.778 bits per heavy atom. The summed E-state index contributed by atoms with van der Waals surface area (Å²) in [6.07, 6.45) is 2.09.